The fraction of sp³-hybridized carbons (Fsp3) is 0.158. The van der Waals surface area contributed by atoms with E-state index < -0.39 is 0 Å². The third-order valence-corrected chi connectivity index (χ3v) is 4.64. The van der Waals surface area contributed by atoms with Gasteiger partial charge in [-0.3, -0.25) is 9.48 Å². The van der Waals surface area contributed by atoms with E-state index >= 15 is 0 Å². The van der Waals surface area contributed by atoms with Gasteiger partial charge in [0.2, 0.25) is 0 Å². The predicted octanol–water partition coefficient (Wildman–Crippen LogP) is 4.27. The maximum absolute atomic E-state index is 11.1. The minimum atomic E-state index is 0.548. The van der Waals surface area contributed by atoms with E-state index in [0.717, 1.165) is 27.4 Å². The van der Waals surface area contributed by atoms with Gasteiger partial charge in [0.1, 0.15) is 18.1 Å². The van der Waals surface area contributed by atoms with Gasteiger partial charge in [-0.15, -0.1) is 0 Å². The number of aromatic nitrogens is 2. The van der Waals surface area contributed by atoms with Crippen LogP contribution in [0, 0.1) is 6.92 Å². The van der Waals surface area contributed by atoms with Crippen molar-refractivity contribution in [1.82, 2.24) is 9.78 Å². The van der Waals surface area contributed by atoms with E-state index in [9.17, 15) is 4.79 Å². The molecule has 0 spiro atoms. The van der Waals surface area contributed by atoms with E-state index in [1.54, 1.807) is 17.9 Å². The van der Waals surface area contributed by atoms with Crippen LogP contribution in [0.25, 0.3) is 0 Å². The van der Waals surface area contributed by atoms with Crippen molar-refractivity contribution in [1.29, 1.82) is 0 Å². The SMILES string of the molecule is Cc1cccc(COc2ccc(Sc3cnn(C)c3C=O)cc2)c1. The monoisotopic (exact) mass is 338 g/mol. The smallest absolute Gasteiger partial charge is 0.169 e. The molecule has 0 bridgehead atoms. The highest BCUT2D eigenvalue weighted by molar-refractivity contribution is 7.99. The average molecular weight is 338 g/mol. The van der Waals surface area contributed by atoms with Crippen LogP contribution in [0.3, 0.4) is 0 Å². The number of hydrogen-bond acceptors (Lipinski definition) is 4. The molecule has 24 heavy (non-hydrogen) atoms. The molecule has 2 aromatic carbocycles. The van der Waals surface area contributed by atoms with E-state index in [-0.39, 0.29) is 0 Å². The molecule has 1 aromatic heterocycles. The molecule has 0 aliphatic heterocycles. The number of nitrogens with zero attached hydrogens (tertiary/aromatic N) is 2. The molecule has 0 N–H and O–H groups in total. The van der Waals surface area contributed by atoms with Crippen molar-refractivity contribution in [3.05, 3.63) is 71.5 Å². The lowest BCUT2D eigenvalue weighted by Crippen LogP contribution is -1.96. The van der Waals surface area contributed by atoms with E-state index in [4.69, 9.17) is 4.74 Å². The lowest BCUT2D eigenvalue weighted by Gasteiger charge is -2.08. The van der Waals surface area contributed by atoms with E-state index in [1.807, 2.05) is 30.3 Å². The second-order valence-electron chi connectivity index (χ2n) is 5.49. The van der Waals surface area contributed by atoms with Gasteiger partial charge in [-0.1, -0.05) is 41.6 Å². The zero-order valence-electron chi connectivity index (χ0n) is 13.6. The number of aldehydes is 1. The van der Waals surface area contributed by atoms with Gasteiger partial charge < -0.3 is 4.74 Å². The minimum Gasteiger partial charge on any atom is -0.489 e. The number of aryl methyl sites for hydroxylation is 2. The van der Waals surface area contributed by atoms with Gasteiger partial charge in [0, 0.05) is 11.9 Å². The zero-order chi connectivity index (χ0) is 16.9. The summed E-state index contributed by atoms with van der Waals surface area (Å²) in [5, 5.41) is 4.11. The molecule has 0 aliphatic rings. The summed E-state index contributed by atoms with van der Waals surface area (Å²) in [6, 6.07) is 16.1. The highest BCUT2D eigenvalue weighted by Gasteiger charge is 2.09. The van der Waals surface area contributed by atoms with Crippen molar-refractivity contribution in [3.8, 4) is 5.75 Å². The normalized spacial score (nSPS) is 10.6. The van der Waals surface area contributed by atoms with Crippen LogP contribution in [0.4, 0.5) is 0 Å². The Morgan fingerprint density at radius 2 is 2.00 bits per heavy atom. The Morgan fingerprint density at radius 3 is 2.71 bits per heavy atom. The topological polar surface area (TPSA) is 44.1 Å². The highest BCUT2D eigenvalue weighted by atomic mass is 32.2. The van der Waals surface area contributed by atoms with Crippen LogP contribution < -0.4 is 4.74 Å². The molecular weight excluding hydrogens is 320 g/mol. The van der Waals surface area contributed by atoms with Crippen molar-refractivity contribution in [2.24, 2.45) is 7.05 Å². The Hall–Kier alpha value is -2.53. The van der Waals surface area contributed by atoms with Crippen LogP contribution in [0.1, 0.15) is 21.6 Å². The summed E-state index contributed by atoms with van der Waals surface area (Å²) >= 11 is 1.51. The summed E-state index contributed by atoms with van der Waals surface area (Å²) in [5.74, 6) is 0.822. The third kappa shape index (κ3) is 3.86. The molecule has 0 unspecified atom stereocenters. The number of carbonyl (C=O) groups is 1. The van der Waals surface area contributed by atoms with E-state index in [1.165, 1.54) is 17.3 Å². The lowest BCUT2D eigenvalue weighted by molar-refractivity contribution is 0.111. The molecule has 0 amide bonds. The highest BCUT2D eigenvalue weighted by Crippen LogP contribution is 2.30. The number of benzene rings is 2. The largest absolute Gasteiger partial charge is 0.489 e. The first-order chi connectivity index (χ1) is 11.7. The molecule has 3 rings (SSSR count). The van der Waals surface area contributed by atoms with Gasteiger partial charge in [0.25, 0.3) is 0 Å². The van der Waals surface area contributed by atoms with Crippen LogP contribution in [0.2, 0.25) is 0 Å². The quantitative estimate of drug-likeness (QED) is 0.630. The Kier molecular flexibility index (Phi) is 5.01. The average Bonchev–Trinajstić information content (AvgIpc) is 2.94. The Morgan fingerprint density at radius 1 is 1.21 bits per heavy atom. The van der Waals surface area contributed by atoms with E-state index in [0.29, 0.717) is 12.3 Å². The minimum absolute atomic E-state index is 0.548. The predicted molar refractivity (Wildman–Crippen MR) is 94.7 cm³/mol. The van der Waals surface area contributed by atoms with E-state index in [2.05, 4.69) is 30.2 Å². The fourth-order valence-corrected chi connectivity index (χ4v) is 3.25. The molecular formula is C19H18N2O2S. The number of hydrogen-bond donors (Lipinski definition) is 0. The molecule has 1 heterocycles. The number of rotatable bonds is 6. The van der Waals surface area contributed by atoms with Crippen LogP contribution in [0.5, 0.6) is 5.75 Å². The second-order valence-corrected chi connectivity index (χ2v) is 6.60. The summed E-state index contributed by atoms with van der Waals surface area (Å²) in [7, 11) is 1.76. The van der Waals surface area contributed by atoms with Crippen LogP contribution in [-0.2, 0) is 13.7 Å². The molecule has 0 aliphatic carbocycles. The van der Waals surface area contributed by atoms with Gasteiger partial charge >= 0.3 is 0 Å². The van der Waals surface area contributed by atoms with Crippen LogP contribution in [0.15, 0.2) is 64.5 Å². The Bertz CT molecular complexity index is 841. The molecule has 0 atom stereocenters. The van der Waals surface area contributed by atoms with Gasteiger partial charge in [-0.25, -0.2) is 0 Å². The van der Waals surface area contributed by atoms with Crippen molar-refractivity contribution < 1.29 is 9.53 Å². The zero-order valence-corrected chi connectivity index (χ0v) is 14.4. The standard InChI is InChI=1S/C19H18N2O2S/c1-14-4-3-5-15(10-14)13-23-16-6-8-17(9-7-16)24-19-11-20-21(2)18(19)12-22/h3-12H,13H2,1-2H3. The van der Waals surface area contributed by atoms with Gasteiger partial charge in [0.05, 0.1) is 11.1 Å². The molecule has 122 valence electrons. The fourth-order valence-electron chi connectivity index (χ4n) is 2.34. The van der Waals surface area contributed by atoms with Gasteiger partial charge in [-0.05, 0) is 36.8 Å². The molecule has 0 saturated carbocycles. The first-order valence-corrected chi connectivity index (χ1v) is 8.41. The maximum Gasteiger partial charge on any atom is 0.169 e. The second kappa shape index (κ2) is 7.36. The Labute approximate surface area is 145 Å². The first-order valence-electron chi connectivity index (χ1n) is 7.59. The maximum atomic E-state index is 11.1. The van der Waals surface area contributed by atoms with Crippen molar-refractivity contribution in [3.63, 3.8) is 0 Å². The van der Waals surface area contributed by atoms with Gasteiger partial charge in [-0.2, -0.15) is 5.10 Å². The summed E-state index contributed by atoms with van der Waals surface area (Å²) in [6.07, 6.45) is 2.53. The molecule has 3 aromatic rings. The first kappa shape index (κ1) is 16.3. The molecule has 0 radical (unpaired) electrons. The molecule has 5 heteroatoms. The van der Waals surface area contributed by atoms with Crippen molar-refractivity contribution in [2.45, 2.75) is 23.3 Å². The number of ether oxygens (including phenoxy) is 1. The molecule has 0 saturated heterocycles. The summed E-state index contributed by atoms with van der Waals surface area (Å²) < 4.78 is 7.40. The summed E-state index contributed by atoms with van der Waals surface area (Å²) in [6.45, 7) is 2.62. The number of carbonyl (C=O) groups excluding carboxylic acids is 1. The lowest BCUT2D eigenvalue weighted by atomic mass is 10.1. The third-order valence-electron chi connectivity index (χ3n) is 3.60. The Balaban J connectivity index is 1.64. The van der Waals surface area contributed by atoms with Gasteiger partial charge in [0.15, 0.2) is 6.29 Å². The van der Waals surface area contributed by atoms with Crippen molar-refractivity contribution >= 4 is 18.0 Å². The summed E-state index contributed by atoms with van der Waals surface area (Å²) in [4.78, 5) is 13.0. The van der Waals surface area contributed by atoms with Crippen LogP contribution in [-0.4, -0.2) is 16.1 Å². The summed E-state index contributed by atoms with van der Waals surface area (Å²) in [5.41, 5.74) is 2.96. The van der Waals surface area contributed by atoms with Crippen LogP contribution >= 0.6 is 11.8 Å². The molecule has 0 fully saturated rings. The van der Waals surface area contributed by atoms with Crippen molar-refractivity contribution in [2.75, 3.05) is 0 Å². The molecule has 4 nitrogen and oxygen atoms in total.